The van der Waals surface area contributed by atoms with Crippen molar-refractivity contribution in [2.24, 2.45) is 0 Å². The van der Waals surface area contributed by atoms with Crippen LogP contribution in [0.5, 0.6) is 0 Å². The highest BCUT2D eigenvalue weighted by Crippen LogP contribution is 2.28. The number of amides is 2. The maximum Gasteiger partial charge on any atom is 0.264 e. The van der Waals surface area contributed by atoms with Crippen LogP contribution in [0.1, 0.15) is 44.4 Å². The zero-order chi connectivity index (χ0) is 29.0. The molecule has 0 heterocycles. The van der Waals surface area contributed by atoms with E-state index in [1.165, 1.54) is 41.3 Å². The Morgan fingerprint density at radius 2 is 1.56 bits per heavy atom. The fourth-order valence-electron chi connectivity index (χ4n) is 4.06. The topological polar surface area (TPSA) is 86.8 Å². The number of aryl methyl sites for hydroxylation is 2. The molecular formula is C30H36FN3O4S. The van der Waals surface area contributed by atoms with E-state index in [1.807, 2.05) is 33.8 Å². The van der Waals surface area contributed by atoms with Crippen LogP contribution in [0.4, 0.5) is 10.1 Å². The molecule has 0 fully saturated rings. The Morgan fingerprint density at radius 1 is 0.949 bits per heavy atom. The summed E-state index contributed by atoms with van der Waals surface area (Å²) in [7, 11) is -4.14. The first kappa shape index (κ1) is 29.8. The lowest BCUT2D eigenvalue weighted by Crippen LogP contribution is -2.54. The molecule has 0 aliphatic heterocycles. The number of anilines is 1. The van der Waals surface area contributed by atoms with E-state index in [-0.39, 0.29) is 17.3 Å². The number of hydrogen-bond acceptors (Lipinski definition) is 4. The van der Waals surface area contributed by atoms with Gasteiger partial charge in [-0.15, -0.1) is 0 Å². The largest absolute Gasteiger partial charge is 0.350 e. The van der Waals surface area contributed by atoms with Crippen LogP contribution in [-0.4, -0.2) is 43.3 Å². The molecule has 0 aliphatic rings. The summed E-state index contributed by atoms with van der Waals surface area (Å²) in [5, 5.41) is 2.88. The van der Waals surface area contributed by atoms with Crippen LogP contribution in [0, 0.1) is 19.7 Å². The lowest BCUT2D eigenvalue weighted by atomic mass is 10.1. The highest BCUT2D eigenvalue weighted by atomic mass is 32.2. The molecule has 3 aromatic rings. The Hall–Kier alpha value is -3.72. The molecule has 0 aromatic heterocycles. The van der Waals surface area contributed by atoms with Crippen LogP contribution in [0.3, 0.4) is 0 Å². The number of nitrogens with zero attached hydrogens (tertiary/aromatic N) is 2. The fraction of sp³-hybridized carbons (Fsp3) is 0.333. The second kappa shape index (κ2) is 12.0. The van der Waals surface area contributed by atoms with Gasteiger partial charge in [-0.25, -0.2) is 12.8 Å². The van der Waals surface area contributed by atoms with Gasteiger partial charge >= 0.3 is 0 Å². The lowest BCUT2D eigenvalue weighted by molar-refractivity contribution is -0.140. The van der Waals surface area contributed by atoms with Crippen LogP contribution in [0.25, 0.3) is 0 Å². The molecule has 0 bridgehead atoms. The number of carbonyl (C=O) groups excluding carboxylic acids is 2. The molecule has 1 atom stereocenters. The number of halogens is 1. The molecule has 3 rings (SSSR count). The van der Waals surface area contributed by atoms with Gasteiger partial charge in [0.2, 0.25) is 11.8 Å². The van der Waals surface area contributed by atoms with Crippen molar-refractivity contribution in [1.82, 2.24) is 10.2 Å². The first-order chi connectivity index (χ1) is 18.2. The van der Waals surface area contributed by atoms with E-state index >= 15 is 0 Å². The Morgan fingerprint density at radius 3 is 2.15 bits per heavy atom. The predicted molar refractivity (Wildman–Crippen MR) is 151 cm³/mol. The standard InChI is InChI=1S/C30H36FN3O4S/c1-21-12-13-22(2)27(18-21)34(39(37,38)26-10-8-7-9-11-26)20-28(35)33(19-24-14-16-25(31)17-15-24)23(3)29(36)32-30(4,5)6/h7-18,23H,19-20H2,1-6H3,(H,32,36)/t23-/m1/s1. The van der Waals surface area contributed by atoms with Gasteiger partial charge in [-0.2, -0.15) is 0 Å². The smallest absolute Gasteiger partial charge is 0.264 e. The first-order valence-corrected chi connectivity index (χ1v) is 14.1. The Labute approximate surface area is 230 Å². The minimum atomic E-state index is -4.14. The van der Waals surface area contributed by atoms with Crippen molar-refractivity contribution in [2.45, 2.75) is 64.6 Å². The predicted octanol–water partition coefficient (Wildman–Crippen LogP) is 4.97. The molecule has 3 aromatic carbocycles. The first-order valence-electron chi connectivity index (χ1n) is 12.7. The third kappa shape index (κ3) is 7.66. The Bertz CT molecular complexity index is 1420. The third-order valence-corrected chi connectivity index (χ3v) is 7.95. The van der Waals surface area contributed by atoms with Crippen molar-refractivity contribution in [3.8, 4) is 0 Å². The van der Waals surface area contributed by atoms with Crippen molar-refractivity contribution in [3.05, 3.63) is 95.3 Å². The van der Waals surface area contributed by atoms with E-state index in [2.05, 4.69) is 5.32 Å². The molecule has 39 heavy (non-hydrogen) atoms. The van der Waals surface area contributed by atoms with Crippen molar-refractivity contribution < 1.29 is 22.4 Å². The summed E-state index contributed by atoms with van der Waals surface area (Å²) in [4.78, 5) is 28.4. The van der Waals surface area contributed by atoms with Crippen LogP contribution >= 0.6 is 0 Å². The van der Waals surface area contributed by atoms with Gasteiger partial charge in [0.25, 0.3) is 10.0 Å². The molecule has 0 spiro atoms. The van der Waals surface area contributed by atoms with Gasteiger partial charge < -0.3 is 10.2 Å². The lowest BCUT2D eigenvalue weighted by Gasteiger charge is -2.34. The van der Waals surface area contributed by atoms with E-state index in [0.29, 0.717) is 16.8 Å². The summed E-state index contributed by atoms with van der Waals surface area (Å²) in [6, 6.07) is 18.0. The summed E-state index contributed by atoms with van der Waals surface area (Å²) < 4.78 is 42.4. The number of carbonyl (C=O) groups is 2. The summed E-state index contributed by atoms with van der Waals surface area (Å²) in [5.74, 6) is -1.39. The molecule has 0 aliphatic carbocycles. The molecule has 208 valence electrons. The molecule has 7 nitrogen and oxygen atoms in total. The maximum atomic E-state index is 13.9. The van der Waals surface area contributed by atoms with E-state index in [1.54, 1.807) is 44.2 Å². The van der Waals surface area contributed by atoms with Crippen LogP contribution in [0.2, 0.25) is 0 Å². The quantitative estimate of drug-likeness (QED) is 0.405. The Kier molecular flexibility index (Phi) is 9.17. The monoisotopic (exact) mass is 553 g/mol. The van der Waals surface area contributed by atoms with Gasteiger partial charge in [-0.05, 0) is 88.6 Å². The normalized spacial score (nSPS) is 12.5. The minimum Gasteiger partial charge on any atom is -0.350 e. The van der Waals surface area contributed by atoms with Crippen LogP contribution in [0.15, 0.2) is 77.7 Å². The summed E-state index contributed by atoms with van der Waals surface area (Å²) >= 11 is 0. The van der Waals surface area contributed by atoms with Crippen molar-refractivity contribution in [1.29, 1.82) is 0 Å². The maximum absolute atomic E-state index is 13.9. The van der Waals surface area contributed by atoms with Crippen LogP contribution in [-0.2, 0) is 26.2 Å². The van der Waals surface area contributed by atoms with E-state index in [0.717, 1.165) is 9.87 Å². The summed E-state index contributed by atoms with van der Waals surface area (Å²) in [6.07, 6.45) is 0. The second-order valence-electron chi connectivity index (χ2n) is 10.7. The van der Waals surface area contributed by atoms with Crippen molar-refractivity contribution in [2.75, 3.05) is 10.8 Å². The Balaban J connectivity index is 2.06. The average molecular weight is 554 g/mol. The zero-order valence-electron chi connectivity index (χ0n) is 23.2. The number of benzene rings is 3. The molecule has 2 amide bonds. The van der Waals surface area contributed by atoms with Gasteiger partial charge in [0, 0.05) is 12.1 Å². The van der Waals surface area contributed by atoms with Gasteiger partial charge in [0.05, 0.1) is 10.6 Å². The number of hydrogen-bond donors (Lipinski definition) is 1. The average Bonchev–Trinajstić information content (AvgIpc) is 2.87. The highest BCUT2D eigenvalue weighted by molar-refractivity contribution is 7.92. The molecule has 9 heteroatoms. The van der Waals surface area contributed by atoms with Crippen molar-refractivity contribution >= 4 is 27.5 Å². The van der Waals surface area contributed by atoms with Gasteiger partial charge in [-0.1, -0.05) is 42.5 Å². The number of sulfonamides is 1. The third-order valence-electron chi connectivity index (χ3n) is 6.18. The SMILES string of the molecule is Cc1ccc(C)c(N(CC(=O)N(Cc2ccc(F)cc2)[C@H](C)C(=O)NC(C)(C)C)S(=O)(=O)c2ccccc2)c1. The zero-order valence-corrected chi connectivity index (χ0v) is 24.0. The molecule has 0 saturated heterocycles. The summed E-state index contributed by atoms with van der Waals surface area (Å²) in [5.41, 5.74) is 1.94. The molecule has 1 N–H and O–H groups in total. The van der Waals surface area contributed by atoms with E-state index < -0.39 is 39.9 Å². The fourth-order valence-corrected chi connectivity index (χ4v) is 5.56. The van der Waals surface area contributed by atoms with E-state index in [9.17, 15) is 22.4 Å². The van der Waals surface area contributed by atoms with Gasteiger partial charge in [0.15, 0.2) is 0 Å². The van der Waals surface area contributed by atoms with Crippen LogP contribution < -0.4 is 9.62 Å². The number of rotatable bonds is 9. The molecule has 0 unspecified atom stereocenters. The second-order valence-corrected chi connectivity index (χ2v) is 12.5. The van der Waals surface area contributed by atoms with Gasteiger partial charge in [0.1, 0.15) is 18.4 Å². The molecule has 0 saturated carbocycles. The molecule has 0 radical (unpaired) electrons. The highest BCUT2D eigenvalue weighted by Gasteiger charge is 2.33. The van der Waals surface area contributed by atoms with E-state index in [4.69, 9.17) is 0 Å². The van der Waals surface area contributed by atoms with Crippen molar-refractivity contribution in [3.63, 3.8) is 0 Å². The minimum absolute atomic E-state index is 0.0101. The number of nitrogens with one attached hydrogen (secondary N) is 1. The summed E-state index contributed by atoms with van der Waals surface area (Å²) in [6.45, 7) is 10.2. The van der Waals surface area contributed by atoms with Gasteiger partial charge in [-0.3, -0.25) is 13.9 Å². The molecular weight excluding hydrogens is 517 g/mol.